The second kappa shape index (κ2) is 7.65. The molecule has 0 aromatic heterocycles. The minimum atomic E-state index is -0.375. The second-order valence-corrected chi connectivity index (χ2v) is 5.33. The molecule has 0 aliphatic carbocycles. The maximum absolute atomic E-state index is 12.1. The average Bonchev–Trinajstić information content (AvgIpc) is 2.56. The predicted molar refractivity (Wildman–Crippen MR) is 90.1 cm³/mol. The number of aryl methyl sites for hydroxylation is 1. The first kappa shape index (κ1) is 16.8. The lowest BCUT2D eigenvalue weighted by atomic mass is 10.2. The van der Waals surface area contributed by atoms with E-state index in [-0.39, 0.29) is 18.4 Å². The molecule has 6 heteroatoms. The summed E-state index contributed by atoms with van der Waals surface area (Å²) in [5, 5.41) is 5.81. The van der Waals surface area contributed by atoms with Crippen molar-refractivity contribution in [2.75, 3.05) is 19.0 Å². The molecule has 0 atom stereocenters. The fourth-order valence-electron chi connectivity index (χ4n) is 2.01. The van der Waals surface area contributed by atoms with Gasteiger partial charge in [-0.25, -0.2) is 0 Å². The Morgan fingerprint density at radius 3 is 2.65 bits per heavy atom. The highest BCUT2D eigenvalue weighted by molar-refractivity contribution is 6.31. The van der Waals surface area contributed by atoms with Crippen LogP contribution in [0.1, 0.15) is 15.9 Å². The molecule has 0 aliphatic rings. The zero-order valence-electron chi connectivity index (χ0n) is 12.9. The number of anilines is 1. The quantitative estimate of drug-likeness (QED) is 0.884. The molecule has 2 rings (SSSR count). The maximum atomic E-state index is 12.1. The SMILES string of the molecule is COc1ccccc1C(=O)NCC(=O)Nc1cc(Cl)ccc1C. The van der Waals surface area contributed by atoms with Gasteiger partial charge in [0.05, 0.1) is 19.2 Å². The molecular formula is C17H17ClN2O3. The molecule has 0 fully saturated rings. The molecule has 2 aromatic rings. The summed E-state index contributed by atoms with van der Waals surface area (Å²) >= 11 is 5.91. The molecule has 2 N–H and O–H groups in total. The number of carbonyl (C=O) groups excluding carboxylic acids is 2. The van der Waals surface area contributed by atoms with Crippen LogP contribution in [-0.4, -0.2) is 25.5 Å². The predicted octanol–water partition coefficient (Wildman–Crippen LogP) is 3.03. The topological polar surface area (TPSA) is 67.4 Å². The minimum absolute atomic E-state index is 0.150. The Morgan fingerprint density at radius 1 is 1.17 bits per heavy atom. The van der Waals surface area contributed by atoms with Gasteiger partial charge in [0.1, 0.15) is 5.75 Å². The van der Waals surface area contributed by atoms with Crippen molar-refractivity contribution in [1.82, 2.24) is 5.32 Å². The van der Waals surface area contributed by atoms with Gasteiger partial charge in [-0.05, 0) is 36.8 Å². The van der Waals surface area contributed by atoms with Gasteiger partial charge in [-0.1, -0.05) is 29.8 Å². The number of amides is 2. The number of hydrogen-bond donors (Lipinski definition) is 2. The minimum Gasteiger partial charge on any atom is -0.496 e. The molecule has 0 unspecified atom stereocenters. The first-order valence-electron chi connectivity index (χ1n) is 6.98. The van der Waals surface area contributed by atoms with Crippen molar-refractivity contribution >= 4 is 29.1 Å². The van der Waals surface area contributed by atoms with Crippen molar-refractivity contribution in [3.8, 4) is 5.75 Å². The zero-order valence-corrected chi connectivity index (χ0v) is 13.6. The molecule has 0 aliphatic heterocycles. The Morgan fingerprint density at radius 2 is 1.91 bits per heavy atom. The Labute approximate surface area is 139 Å². The number of ether oxygens (including phenoxy) is 1. The van der Waals surface area contributed by atoms with Gasteiger partial charge in [0.25, 0.3) is 5.91 Å². The van der Waals surface area contributed by atoms with Gasteiger partial charge in [0, 0.05) is 10.7 Å². The average molecular weight is 333 g/mol. The molecule has 0 saturated carbocycles. The molecule has 2 amide bonds. The standard InChI is InChI=1S/C17H17ClN2O3/c1-11-7-8-12(18)9-14(11)20-16(21)10-19-17(22)13-5-3-4-6-15(13)23-2/h3-9H,10H2,1-2H3,(H,19,22)(H,20,21). The van der Waals surface area contributed by atoms with Crippen LogP contribution in [0.15, 0.2) is 42.5 Å². The summed E-state index contributed by atoms with van der Waals surface area (Å²) in [6.45, 7) is 1.71. The van der Waals surface area contributed by atoms with E-state index >= 15 is 0 Å². The molecule has 0 saturated heterocycles. The van der Waals surface area contributed by atoms with E-state index in [1.807, 2.05) is 13.0 Å². The fourth-order valence-corrected chi connectivity index (χ4v) is 2.18. The number of methoxy groups -OCH3 is 1. The first-order valence-corrected chi connectivity index (χ1v) is 7.36. The van der Waals surface area contributed by atoms with Gasteiger partial charge in [-0.15, -0.1) is 0 Å². The summed E-state index contributed by atoms with van der Waals surface area (Å²) in [7, 11) is 1.49. The van der Waals surface area contributed by atoms with Gasteiger partial charge in [-0.2, -0.15) is 0 Å². The highest BCUT2D eigenvalue weighted by Gasteiger charge is 2.13. The Balaban J connectivity index is 1.96. The lowest BCUT2D eigenvalue weighted by molar-refractivity contribution is -0.115. The third-order valence-corrected chi connectivity index (χ3v) is 3.47. The van der Waals surface area contributed by atoms with E-state index in [9.17, 15) is 9.59 Å². The van der Waals surface area contributed by atoms with E-state index in [1.165, 1.54) is 7.11 Å². The monoisotopic (exact) mass is 332 g/mol. The Kier molecular flexibility index (Phi) is 5.60. The van der Waals surface area contributed by atoms with E-state index in [1.54, 1.807) is 36.4 Å². The zero-order chi connectivity index (χ0) is 16.8. The highest BCUT2D eigenvalue weighted by Crippen LogP contribution is 2.20. The van der Waals surface area contributed by atoms with Crippen molar-refractivity contribution in [2.24, 2.45) is 0 Å². The smallest absolute Gasteiger partial charge is 0.255 e. The second-order valence-electron chi connectivity index (χ2n) is 4.89. The third-order valence-electron chi connectivity index (χ3n) is 3.23. The molecule has 5 nitrogen and oxygen atoms in total. The number of halogens is 1. The van der Waals surface area contributed by atoms with Gasteiger partial charge < -0.3 is 15.4 Å². The van der Waals surface area contributed by atoms with Gasteiger partial charge >= 0.3 is 0 Å². The molecule has 0 spiro atoms. The number of benzene rings is 2. The van der Waals surface area contributed by atoms with Crippen LogP contribution in [0.5, 0.6) is 5.75 Å². The number of para-hydroxylation sites is 1. The van der Waals surface area contributed by atoms with Crippen molar-refractivity contribution in [3.05, 3.63) is 58.6 Å². The van der Waals surface area contributed by atoms with E-state index < -0.39 is 0 Å². The van der Waals surface area contributed by atoms with E-state index in [2.05, 4.69) is 10.6 Å². The Hall–Kier alpha value is -2.53. The lowest BCUT2D eigenvalue weighted by Crippen LogP contribution is -2.33. The molecule has 0 bridgehead atoms. The molecule has 0 heterocycles. The van der Waals surface area contributed by atoms with Gasteiger partial charge in [0.2, 0.25) is 5.91 Å². The van der Waals surface area contributed by atoms with Crippen LogP contribution in [0.3, 0.4) is 0 Å². The van der Waals surface area contributed by atoms with Crippen molar-refractivity contribution in [3.63, 3.8) is 0 Å². The molecule has 2 aromatic carbocycles. The van der Waals surface area contributed by atoms with E-state index in [4.69, 9.17) is 16.3 Å². The molecule has 120 valence electrons. The van der Waals surface area contributed by atoms with Crippen LogP contribution >= 0.6 is 11.6 Å². The summed E-state index contributed by atoms with van der Waals surface area (Å²) in [6.07, 6.45) is 0. The van der Waals surface area contributed by atoms with Crippen molar-refractivity contribution in [1.29, 1.82) is 0 Å². The molecule has 0 radical (unpaired) electrons. The van der Waals surface area contributed by atoms with Crippen LogP contribution in [0.25, 0.3) is 0 Å². The molecular weight excluding hydrogens is 316 g/mol. The Bertz CT molecular complexity index is 732. The van der Waals surface area contributed by atoms with E-state index in [0.717, 1.165) is 5.56 Å². The normalized spacial score (nSPS) is 10.0. The van der Waals surface area contributed by atoms with Crippen LogP contribution in [-0.2, 0) is 4.79 Å². The van der Waals surface area contributed by atoms with Crippen molar-refractivity contribution < 1.29 is 14.3 Å². The van der Waals surface area contributed by atoms with Crippen LogP contribution < -0.4 is 15.4 Å². The number of hydrogen-bond acceptors (Lipinski definition) is 3. The van der Waals surface area contributed by atoms with Crippen LogP contribution in [0, 0.1) is 6.92 Å². The lowest BCUT2D eigenvalue weighted by Gasteiger charge is -2.11. The highest BCUT2D eigenvalue weighted by atomic mass is 35.5. The molecule has 23 heavy (non-hydrogen) atoms. The van der Waals surface area contributed by atoms with Crippen LogP contribution in [0.2, 0.25) is 5.02 Å². The first-order chi connectivity index (χ1) is 11.0. The summed E-state index contributed by atoms with van der Waals surface area (Å²) < 4.78 is 5.12. The van der Waals surface area contributed by atoms with E-state index in [0.29, 0.717) is 22.0 Å². The summed E-state index contributed by atoms with van der Waals surface area (Å²) in [5.41, 5.74) is 1.88. The van der Waals surface area contributed by atoms with Crippen molar-refractivity contribution in [2.45, 2.75) is 6.92 Å². The fraction of sp³-hybridized carbons (Fsp3) is 0.176. The van der Waals surface area contributed by atoms with Crippen LogP contribution in [0.4, 0.5) is 5.69 Å². The number of nitrogens with one attached hydrogen (secondary N) is 2. The van der Waals surface area contributed by atoms with Gasteiger partial charge in [0.15, 0.2) is 0 Å². The summed E-state index contributed by atoms with van der Waals surface area (Å²) in [6, 6.07) is 12.0. The largest absolute Gasteiger partial charge is 0.496 e. The number of carbonyl (C=O) groups is 2. The summed E-state index contributed by atoms with van der Waals surface area (Å²) in [5.74, 6) is -0.255. The maximum Gasteiger partial charge on any atom is 0.255 e. The third kappa shape index (κ3) is 4.47. The number of rotatable bonds is 5. The summed E-state index contributed by atoms with van der Waals surface area (Å²) in [4.78, 5) is 24.1. The van der Waals surface area contributed by atoms with Gasteiger partial charge in [-0.3, -0.25) is 9.59 Å².